The molecule has 1 aliphatic heterocycles. The number of likely N-dealkylation sites (tertiary alicyclic amines) is 1. The molecule has 3 rings (SSSR count). The number of nitrogens with zero attached hydrogens (tertiary/aromatic N) is 2. The van der Waals surface area contributed by atoms with Crippen molar-refractivity contribution in [2.45, 2.75) is 38.1 Å². The number of carbonyl (C=O) groups excluding carboxylic acids is 1. The van der Waals surface area contributed by atoms with E-state index in [4.69, 9.17) is 0 Å². The molecule has 0 N–H and O–H groups in total. The van der Waals surface area contributed by atoms with Gasteiger partial charge in [-0.15, -0.1) is 0 Å². The van der Waals surface area contributed by atoms with Crippen molar-refractivity contribution in [3.05, 3.63) is 29.6 Å². The molecule has 0 radical (unpaired) electrons. The molecule has 102 valence electrons. The average molecular weight is 266 g/mol. The topological polar surface area (TPSA) is 33.2 Å². The second-order valence-corrected chi connectivity index (χ2v) is 5.36. The van der Waals surface area contributed by atoms with Gasteiger partial charge in [-0.1, -0.05) is 6.42 Å². The maximum absolute atomic E-state index is 13.7. The van der Waals surface area contributed by atoms with Crippen LogP contribution in [0.15, 0.2) is 12.3 Å². The molecule has 0 bridgehead atoms. The van der Waals surface area contributed by atoms with E-state index in [1.54, 1.807) is 4.90 Å². The van der Waals surface area contributed by atoms with Crippen molar-refractivity contribution in [3.8, 4) is 0 Å². The van der Waals surface area contributed by atoms with E-state index < -0.39 is 17.7 Å². The Labute approximate surface area is 110 Å². The van der Waals surface area contributed by atoms with Gasteiger partial charge in [-0.05, 0) is 37.7 Å². The molecule has 19 heavy (non-hydrogen) atoms. The summed E-state index contributed by atoms with van der Waals surface area (Å²) in [6.45, 7) is 0.642. The van der Waals surface area contributed by atoms with E-state index in [1.807, 2.05) is 0 Å². The lowest BCUT2D eigenvalue weighted by atomic mass is 9.91. The van der Waals surface area contributed by atoms with Crippen LogP contribution in [0.25, 0.3) is 0 Å². The number of pyridine rings is 1. The third-order valence-electron chi connectivity index (χ3n) is 4.33. The molecule has 1 aromatic rings. The number of hydrogen-bond acceptors (Lipinski definition) is 2. The standard InChI is InChI=1S/C14H16F2N2O/c15-12-10(6-7-17-13(12)16)14(19)18-8-2-4-9-3-1-5-11(9)18/h6-7,9,11H,1-5,8H2. The smallest absolute Gasteiger partial charge is 0.257 e. The molecule has 5 heteroatoms. The Kier molecular flexibility index (Phi) is 3.21. The molecule has 0 aromatic carbocycles. The number of halogens is 2. The summed E-state index contributed by atoms with van der Waals surface area (Å²) in [4.78, 5) is 17.4. The molecule has 1 aliphatic carbocycles. The molecule has 2 fully saturated rings. The maximum atomic E-state index is 13.7. The number of hydrogen-bond donors (Lipinski definition) is 0. The summed E-state index contributed by atoms with van der Waals surface area (Å²) in [5, 5.41) is 0. The van der Waals surface area contributed by atoms with Crippen LogP contribution in [0.5, 0.6) is 0 Å². The number of piperidine rings is 1. The first-order valence-corrected chi connectivity index (χ1v) is 6.79. The summed E-state index contributed by atoms with van der Waals surface area (Å²) in [6.07, 6.45) is 6.46. The fourth-order valence-electron chi connectivity index (χ4n) is 3.44. The number of aromatic nitrogens is 1. The van der Waals surface area contributed by atoms with Crippen molar-refractivity contribution in [1.29, 1.82) is 0 Å². The molecule has 0 spiro atoms. The van der Waals surface area contributed by atoms with Crippen molar-refractivity contribution in [3.63, 3.8) is 0 Å². The van der Waals surface area contributed by atoms with Crippen LogP contribution in [0.4, 0.5) is 8.78 Å². The van der Waals surface area contributed by atoms with E-state index in [0.717, 1.165) is 38.3 Å². The molecule has 2 aliphatic rings. The lowest BCUT2D eigenvalue weighted by molar-refractivity contribution is 0.0542. The van der Waals surface area contributed by atoms with Crippen molar-refractivity contribution in [2.24, 2.45) is 5.92 Å². The number of fused-ring (bicyclic) bond motifs is 1. The predicted molar refractivity (Wildman–Crippen MR) is 65.6 cm³/mol. The highest BCUT2D eigenvalue weighted by Gasteiger charge is 2.38. The second kappa shape index (κ2) is 4.87. The summed E-state index contributed by atoms with van der Waals surface area (Å²) in [7, 11) is 0. The molecule has 1 saturated carbocycles. The fourth-order valence-corrected chi connectivity index (χ4v) is 3.44. The van der Waals surface area contributed by atoms with Crippen molar-refractivity contribution < 1.29 is 13.6 Å². The Hall–Kier alpha value is -1.52. The summed E-state index contributed by atoms with van der Waals surface area (Å²) in [6, 6.07) is 1.47. The van der Waals surface area contributed by atoms with E-state index in [2.05, 4.69) is 4.98 Å². The van der Waals surface area contributed by atoms with Crippen LogP contribution in [0.2, 0.25) is 0 Å². The van der Waals surface area contributed by atoms with Gasteiger partial charge in [0.25, 0.3) is 5.91 Å². The average Bonchev–Trinajstić information content (AvgIpc) is 2.89. The lowest BCUT2D eigenvalue weighted by Crippen LogP contribution is -2.46. The fraction of sp³-hybridized carbons (Fsp3) is 0.571. The number of rotatable bonds is 1. The van der Waals surface area contributed by atoms with Crippen molar-refractivity contribution in [2.75, 3.05) is 6.54 Å². The van der Waals surface area contributed by atoms with Gasteiger partial charge in [0.1, 0.15) is 0 Å². The SMILES string of the molecule is O=C(c1ccnc(F)c1F)N1CCCC2CCCC21. The van der Waals surface area contributed by atoms with Crippen LogP contribution in [0.3, 0.4) is 0 Å². The monoisotopic (exact) mass is 266 g/mol. The molecule has 1 amide bonds. The van der Waals surface area contributed by atoms with Gasteiger partial charge in [0.15, 0.2) is 5.82 Å². The van der Waals surface area contributed by atoms with Crippen LogP contribution in [-0.4, -0.2) is 28.4 Å². The van der Waals surface area contributed by atoms with Gasteiger partial charge in [-0.25, -0.2) is 9.37 Å². The van der Waals surface area contributed by atoms with E-state index in [1.165, 1.54) is 6.07 Å². The van der Waals surface area contributed by atoms with Crippen LogP contribution in [0.1, 0.15) is 42.5 Å². The molecule has 2 unspecified atom stereocenters. The Morgan fingerprint density at radius 3 is 2.89 bits per heavy atom. The Morgan fingerprint density at radius 2 is 2.05 bits per heavy atom. The highest BCUT2D eigenvalue weighted by atomic mass is 19.2. The minimum Gasteiger partial charge on any atom is -0.335 e. The zero-order chi connectivity index (χ0) is 13.4. The first-order valence-electron chi connectivity index (χ1n) is 6.79. The van der Waals surface area contributed by atoms with Gasteiger partial charge in [0.2, 0.25) is 5.95 Å². The molecule has 3 nitrogen and oxygen atoms in total. The van der Waals surface area contributed by atoms with E-state index in [9.17, 15) is 13.6 Å². The van der Waals surface area contributed by atoms with Crippen LogP contribution in [0, 0.1) is 17.7 Å². The quantitative estimate of drug-likeness (QED) is 0.732. The van der Waals surface area contributed by atoms with Gasteiger partial charge in [0.05, 0.1) is 5.56 Å². The first-order chi connectivity index (χ1) is 9.18. The zero-order valence-corrected chi connectivity index (χ0v) is 10.6. The first kappa shape index (κ1) is 12.5. The second-order valence-electron chi connectivity index (χ2n) is 5.36. The normalized spacial score (nSPS) is 26.3. The van der Waals surface area contributed by atoms with Crippen LogP contribution in [-0.2, 0) is 0 Å². The van der Waals surface area contributed by atoms with E-state index in [-0.39, 0.29) is 11.6 Å². The molecule has 1 saturated heterocycles. The maximum Gasteiger partial charge on any atom is 0.257 e. The minimum absolute atomic E-state index is 0.194. The highest BCUT2D eigenvalue weighted by molar-refractivity contribution is 5.94. The predicted octanol–water partition coefficient (Wildman–Crippen LogP) is 2.76. The van der Waals surface area contributed by atoms with E-state index >= 15 is 0 Å². The molecular weight excluding hydrogens is 250 g/mol. The summed E-state index contributed by atoms with van der Waals surface area (Å²) in [5.74, 6) is -2.19. The highest BCUT2D eigenvalue weighted by Crippen LogP contribution is 2.37. The third-order valence-corrected chi connectivity index (χ3v) is 4.33. The summed E-state index contributed by atoms with van der Waals surface area (Å²) >= 11 is 0. The van der Waals surface area contributed by atoms with Crippen LogP contribution >= 0.6 is 0 Å². The van der Waals surface area contributed by atoms with Gasteiger partial charge in [0, 0.05) is 18.8 Å². The van der Waals surface area contributed by atoms with Gasteiger partial charge in [-0.3, -0.25) is 4.79 Å². The van der Waals surface area contributed by atoms with Gasteiger partial charge < -0.3 is 4.90 Å². The van der Waals surface area contributed by atoms with Crippen molar-refractivity contribution in [1.82, 2.24) is 9.88 Å². The molecule has 2 atom stereocenters. The zero-order valence-electron chi connectivity index (χ0n) is 10.6. The number of carbonyl (C=O) groups is 1. The Morgan fingerprint density at radius 1 is 1.26 bits per heavy atom. The van der Waals surface area contributed by atoms with Gasteiger partial charge >= 0.3 is 0 Å². The van der Waals surface area contributed by atoms with Crippen molar-refractivity contribution >= 4 is 5.91 Å². The summed E-state index contributed by atoms with van der Waals surface area (Å²) < 4.78 is 26.8. The van der Waals surface area contributed by atoms with Crippen LogP contribution < -0.4 is 0 Å². The molecule has 1 aromatic heterocycles. The lowest BCUT2D eigenvalue weighted by Gasteiger charge is -2.37. The minimum atomic E-state index is -1.20. The van der Waals surface area contributed by atoms with E-state index in [0.29, 0.717) is 12.5 Å². The number of amides is 1. The Bertz CT molecular complexity index is 506. The largest absolute Gasteiger partial charge is 0.335 e. The third kappa shape index (κ3) is 2.11. The molecular formula is C14H16F2N2O. The summed E-state index contributed by atoms with van der Waals surface area (Å²) in [5.41, 5.74) is -0.194. The molecule has 2 heterocycles. The Balaban J connectivity index is 1.88. The van der Waals surface area contributed by atoms with Gasteiger partial charge in [-0.2, -0.15) is 4.39 Å².